The van der Waals surface area contributed by atoms with Gasteiger partial charge in [-0.1, -0.05) is 12.1 Å². The maximum atomic E-state index is 13.5. The number of nitriles is 1. The number of amides is 1. The Bertz CT molecular complexity index is 1630. The number of anilines is 1. The molecule has 1 unspecified atom stereocenters. The number of nitrogens with zero attached hydrogens (tertiary/aromatic N) is 3. The molecule has 192 valence electrons. The summed E-state index contributed by atoms with van der Waals surface area (Å²) in [5.41, 5.74) is 0.896. The zero-order valence-corrected chi connectivity index (χ0v) is 20.6. The Morgan fingerprint density at radius 1 is 1.26 bits per heavy atom. The van der Waals surface area contributed by atoms with Gasteiger partial charge in [0.2, 0.25) is 18.6 Å². The maximum absolute atomic E-state index is 13.5. The van der Waals surface area contributed by atoms with Crippen molar-refractivity contribution in [1.82, 2.24) is 14.5 Å². The van der Waals surface area contributed by atoms with Crippen LogP contribution in [-0.2, 0) is 16.0 Å². The number of esters is 1. The third-order valence-corrected chi connectivity index (χ3v) is 6.58. The molecule has 0 spiro atoms. The van der Waals surface area contributed by atoms with Crippen molar-refractivity contribution in [1.29, 1.82) is 5.26 Å². The molecule has 0 saturated carbocycles. The first kappa shape index (κ1) is 24.6. The number of H-pyrrole nitrogens is 1. The number of hydrogen-bond donors (Lipinski definition) is 3. The van der Waals surface area contributed by atoms with Crippen molar-refractivity contribution in [2.45, 2.75) is 12.5 Å². The smallest absolute Gasteiger partial charge is 0.357 e. The molecule has 0 radical (unpaired) electrons. The molecule has 4 aromatic rings. The average molecular weight is 534 g/mol. The van der Waals surface area contributed by atoms with Gasteiger partial charge in [0.05, 0.1) is 18.7 Å². The van der Waals surface area contributed by atoms with Gasteiger partial charge in [0, 0.05) is 17.4 Å². The lowest BCUT2D eigenvalue weighted by Gasteiger charge is -2.18. The summed E-state index contributed by atoms with van der Waals surface area (Å²) in [6, 6.07) is 12.2. The minimum Gasteiger partial charge on any atom is -0.493 e. The third kappa shape index (κ3) is 4.67. The Hall–Kier alpha value is -5.09. The lowest BCUT2D eigenvalue weighted by molar-refractivity contribution is -0.119. The molecule has 1 atom stereocenters. The van der Waals surface area contributed by atoms with Gasteiger partial charge in [-0.05, 0) is 35.9 Å². The highest BCUT2D eigenvalue weighted by atomic mass is 32.1. The van der Waals surface area contributed by atoms with E-state index < -0.39 is 29.5 Å². The number of thiazole rings is 1. The predicted molar refractivity (Wildman–Crippen MR) is 134 cm³/mol. The summed E-state index contributed by atoms with van der Waals surface area (Å²) < 4.78 is 16.3. The summed E-state index contributed by atoms with van der Waals surface area (Å²) >= 11 is 1.00. The molecule has 1 aliphatic heterocycles. The number of imidazole rings is 1. The highest BCUT2D eigenvalue weighted by molar-refractivity contribution is 7.14. The number of carbonyl (C=O) groups excluding carboxylic acids is 2. The third-order valence-electron chi connectivity index (χ3n) is 5.82. The van der Waals surface area contributed by atoms with Gasteiger partial charge in [0.15, 0.2) is 22.3 Å². The van der Waals surface area contributed by atoms with E-state index in [0.29, 0.717) is 28.2 Å². The first-order valence-corrected chi connectivity index (χ1v) is 12.0. The van der Waals surface area contributed by atoms with Crippen LogP contribution in [0.3, 0.4) is 0 Å². The number of nitrogens with one attached hydrogen (secondary N) is 2. The summed E-state index contributed by atoms with van der Waals surface area (Å²) in [5.74, 6) is -0.801. The Morgan fingerprint density at radius 2 is 2.03 bits per heavy atom. The van der Waals surface area contributed by atoms with E-state index in [9.17, 15) is 19.5 Å². The Morgan fingerprint density at radius 3 is 2.76 bits per heavy atom. The summed E-state index contributed by atoms with van der Waals surface area (Å²) in [4.78, 5) is 45.0. The summed E-state index contributed by atoms with van der Waals surface area (Å²) in [7, 11) is 1.21. The first-order valence-electron chi connectivity index (χ1n) is 11.1. The highest BCUT2D eigenvalue weighted by Crippen LogP contribution is 2.38. The van der Waals surface area contributed by atoms with Gasteiger partial charge in [0.1, 0.15) is 11.7 Å². The first-order chi connectivity index (χ1) is 18.4. The van der Waals surface area contributed by atoms with Crippen LogP contribution in [0.2, 0.25) is 0 Å². The van der Waals surface area contributed by atoms with E-state index in [1.54, 1.807) is 42.5 Å². The van der Waals surface area contributed by atoms with Gasteiger partial charge in [0.25, 0.3) is 0 Å². The number of benzene rings is 2. The minimum absolute atomic E-state index is 0.00131. The monoisotopic (exact) mass is 533 g/mol. The van der Waals surface area contributed by atoms with Crippen LogP contribution >= 0.6 is 11.3 Å². The number of fused-ring (bicyclic) bond motifs is 1. The van der Waals surface area contributed by atoms with Gasteiger partial charge < -0.3 is 29.6 Å². The number of methoxy groups -OCH3 is 1. The quantitative estimate of drug-likeness (QED) is 0.302. The molecular weight excluding hydrogens is 514 g/mol. The fraction of sp³-hybridized carbons (Fsp3) is 0.160. The highest BCUT2D eigenvalue weighted by Gasteiger charge is 2.29. The van der Waals surface area contributed by atoms with Crippen LogP contribution in [0, 0.1) is 11.3 Å². The summed E-state index contributed by atoms with van der Waals surface area (Å²) in [6.45, 7) is 0.0591. The van der Waals surface area contributed by atoms with Crippen molar-refractivity contribution in [3.8, 4) is 34.7 Å². The molecule has 5 rings (SSSR count). The number of rotatable bonds is 7. The van der Waals surface area contributed by atoms with E-state index in [1.165, 1.54) is 12.5 Å². The second-order valence-electron chi connectivity index (χ2n) is 8.11. The van der Waals surface area contributed by atoms with E-state index in [-0.39, 0.29) is 29.7 Å². The van der Waals surface area contributed by atoms with Gasteiger partial charge >= 0.3 is 11.7 Å². The molecule has 2 aromatic heterocycles. The van der Waals surface area contributed by atoms with E-state index in [2.05, 4.69) is 20.0 Å². The van der Waals surface area contributed by atoms with Crippen LogP contribution in [0.25, 0.3) is 11.3 Å². The van der Waals surface area contributed by atoms with Gasteiger partial charge in [-0.3, -0.25) is 4.79 Å². The van der Waals surface area contributed by atoms with E-state index in [0.717, 1.165) is 15.9 Å². The number of ether oxygens (including phenoxy) is 3. The van der Waals surface area contributed by atoms with Crippen molar-refractivity contribution in [2.24, 2.45) is 0 Å². The summed E-state index contributed by atoms with van der Waals surface area (Å²) in [5, 5.41) is 24.4. The minimum atomic E-state index is -1.22. The fourth-order valence-corrected chi connectivity index (χ4v) is 4.62. The Kier molecular flexibility index (Phi) is 6.55. The number of carbonyl (C=O) groups is 2. The molecule has 3 heterocycles. The molecule has 0 bridgehead atoms. The molecule has 0 saturated heterocycles. The Labute approximate surface area is 218 Å². The molecule has 3 N–H and O–H groups in total. The van der Waals surface area contributed by atoms with Crippen LogP contribution in [0.1, 0.15) is 27.7 Å². The number of aromatic nitrogens is 3. The maximum Gasteiger partial charge on any atom is 0.357 e. The van der Waals surface area contributed by atoms with Gasteiger partial charge in [-0.25, -0.2) is 19.1 Å². The van der Waals surface area contributed by atoms with Crippen LogP contribution < -0.4 is 20.5 Å². The molecule has 38 heavy (non-hydrogen) atoms. The van der Waals surface area contributed by atoms with Crippen molar-refractivity contribution in [3.05, 3.63) is 75.1 Å². The molecule has 1 amide bonds. The molecule has 2 aromatic carbocycles. The van der Waals surface area contributed by atoms with E-state index in [4.69, 9.17) is 14.7 Å². The molecule has 1 aliphatic rings. The topological polar surface area (TPSA) is 169 Å². The van der Waals surface area contributed by atoms with Crippen LogP contribution in [0.4, 0.5) is 5.13 Å². The van der Waals surface area contributed by atoms with Crippen molar-refractivity contribution >= 4 is 28.3 Å². The van der Waals surface area contributed by atoms with Crippen molar-refractivity contribution in [3.63, 3.8) is 0 Å². The number of aromatic amines is 1. The zero-order valence-electron chi connectivity index (χ0n) is 19.8. The SMILES string of the molecule is COC(=O)c1csc(NC(=O)C(Cc2ccc(C#N)cc2)n2c(O)c(-c3ccc4c(c3)OCO4)[nH]c2=O)n1. The number of hydrogen-bond acceptors (Lipinski definition) is 10. The van der Waals surface area contributed by atoms with Crippen LogP contribution in [0.15, 0.2) is 52.6 Å². The molecule has 0 fully saturated rings. The van der Waals surface area contributed by atoms with Crippen molar-refractivity contribution in [2.75, 3.05) is 19.2 Å². The van der Waals surface area contributed by atoms with E-state index in [1.807, 2.05) is 6.07 Å². The van der Waals surface area contributed by atoms with Crippen LogP contribution in [0.5, 0.6) is 17.4 Å². The van der Waals surface area contributed by atoms with Gasteiger partial charge in [-0.2, -0.15) is 5.26 Å². The Balaban J connectivity index is 1.51. The molecule has 13 heteroatoms. The second-order valence-corrected chi connectivity index (χ2v) is 8.97. The lowest BCUT2D eigenvalue weighted by atomic mass is 10.0. The standard InChI is InChI=1S/C25H19N5O7S/c1-35-23(33)16-11-38-24(27-16)29-21(31)17(8-13-2-4-14(10-26)5-3-13)30-22(32)20(28-25(30)34)15-6-7-18-19(9-15)37-12-36-18/h2-7,9,11,17,32H,8,12H2,1H3,(H,28,34)(H,27,29,31). The predicted octanol–water partition coefficient (Wildman–Crippen LogP) is 2.81. The lowest BCUT2D eigenvalue weighted by Crippen LogP contribution is -2.33. The van der Waals surface area contributed by atoms with E-state index >= 15 is 0 Å². The van der Waals surface area contributed by atoms with Crippen LogP contribution in [-0.4, -0.2) is 45.4 Å². The molecular formula is C25H19N5O7S. The number of aromatic hydroxyl groups is 1. The normalized spacial score (nSPS) is 12.5. The van der Waals surface area contributed by atoms with Gasteiger partial charge in [-0.15, -0.1) is 11.3 Å². The zero-order chi connectivity index (χ0) is 26.8. The largest absolute Gasteiger partial charge is 0.493 e. The average Bonchev–Trinajstić information content (AvgIpc) is 3.66. The molecule has 12 nitrogen and oxygen atoms in total. The van der Waals surface area contributed by atoms with Crippen molar-refractivity contribution < 1.29 is 28.9 Å². The summed E-state index contributed by atoms with van der Waals surface area (Å²) in [6.07, 6.45) is -0.00131. The fourth-order valence-electron chi connectivity index (χ4n) is 3.94. The molecule has 0 aliphatic carbocycles. The second kappa shape index (κ2) is 10.1.